The van der Waals surface area contributed by atoms with Gasteiger partial charge in [0.1, 0.15) is 17.8 Å². The average molecular weight is 341 g/mol. The minimum Gasteiger partial charge on any atom is -0.318 e. The van der Waals surface area contributed by atoms with Crippen LogP contribution in [-0.4, -0.2) is 38.2 Å². The summed E-state index contributed by atoms with van der Waals surface area (Å²) in [4.78, 5) is 18.4. The van der Waals surface area contributed by atoms with E-state index in [1.54, 1.807) is 19.2 Å². The molecule has 2 amide bonds. The third-order valence-electron chi connectivity index (χ3n) is 5.23. The van der Waals surface area contributed by atoms with E-state index in [0.717, 1.165) is 19.3 Å². The summed E-state index contributed by atoms with van der Waals surface area (Å²) in [6.45, 7) is 4.01. The fourth-order valence-corrected chi connectivity index (χ4v) is 4.07. The van der Waals surface area contributed by atoms with Gasteiger partial charge < -0.3 is 10.2 Å². The van der Waals surface area contributed by atoms with Crippen molar-refractivity contribution in [1.29, 1.82) is 0 Å². The number of carbonyl (C=O) groups is 1. The maximum absolute atomic E-state index is 14.4. The van der Waals surface area contributed by atoms with Gasteiger partial charge in [0.25, 0.3) is 0 Å². The summed E-state index contributed by atoms with van der Waals surface area (Å²) in [6, 6.07) is 3.35. The minimum absolute atomic E-state index is 0.161. The maximum Gasteiger partial charge on any atom is 0.322 e. The molecule has 130 valence electrons. The highest BCUT2D eigenvalue weighted by molar-refractivity contribution is 5.91. The standard InChI is InChI=1S/C18H20FN5O/c1-10-3-12-6-13(4-10)24(12)18(25)22-16-7-14(11(2)5-15(16)19)17-8-20-9-21-23-17/h5,7-10,12-13H,3-4,6H2,1-2H3,(H,22,25)/t10?,12-,13?/m0/s1. The van der Waals surface area contributed by atoms with Crippen molar-refractivity contribution in [2.24, 2.45) is 5.92 Å². The number of piperidine rings is 1. The Labute approximate surface area is 145 Å². The molecule has 2 aliphatic heterocycles. The first kappa shape index (κ1) is 15.9. The maximum atomic E-state index is 14.4. The Hall–Kier alpha value is -2.57. The first-order valence-electron chi connectivity index (χ1n) is 8.55. The molecule has 1 N–H and O–H groups in total. The number of rotatable bonds is 2. The molecule has 2 bridgehead atoms. The van der Waals surface area contributed by atoms with E-state index in [4.69, 9.17) is 0 Å². The van der Waals surface area contributed by atoms with E-state index in [2.05, 4.69) is 27.4 Å². The zero-order valence-corrected chi connectivity index (χ0v) is 14.2. The minimum atomic E-state index is -0.453. The number of halogens is 1. The summed E-state index contributed by atoms with van der Waals surface area (Å²) in [5, 5.41) is 10.5. The molecule has 3 heterocycles. The number of anilines is 1. The molecule has 0 saturated carbocycles. The summed E-state index contributed by atoms with van der Waals surface area (Å²) in [5.74, 6) is 0.199. The lowest BCUT2D eigenvalue weighted by Gasteiger charge is -2.54. The van der Waals surface area contributed by atoms with Crippen LogP contribution < -0.4 is 5.32 Å². The second kappa shape index (κ2) is 6.06. The summed E-state index contributed by atoms with van der Waals surface area (Å²) in [6.07, 6.45) is 6.02. The number of nitrogens with one attached hydrogen (secondary N) is 1. The van der Waals surface area contributed by atoms with E-state index in [1.165, 1.54) is 12.4 Å². The van der Waals surface area contributed by atoms with Crippen LogP contribution in [0.1, 0.15) is 31.7 Å². The Bertz CT molecular complexity index is 801. The molecule has 1 aromatic heterocycles. The Balaban J connectivity index is 1.58. The number of aromatic nitrogens is 3. The van der Waals surface area contributed by atoms with Crippen LogP contribution in [0.15, 0.2) is 24.7 Å². The lowest BCUT2D eigenvalue weighted by atomic mass is 9.74. The van der Waals surface area contributed by atoms with Crippen LogP contribution in [0.4, 0.5) is 14.9 Å². The first-order valence-corrected chi connectivity index (χ1v) is 8.55. The Kier molecular flexibility index (Phi) is 3.86. The third-order valence-corrected chi connectivity index (χ3v) is 5.23. The van der Waals surface area contributed by atoms with Crippen molar-refractivity contribution in [2.45, 2.75) is 45.2 Å². The fraction of sp³-hybridized carbons (Fsp3) is 0.444. The predicted molar refractivity (Wildman–Crippen MR) is 91.4 cm³/mol. The highest BCUT2D eigenvalue weighted by atomic mass is 19.1. The van der Waals surface area contributed by atoms with Gasteiger partial charge in [0, 0.05) is 17.6 Å². The summed E-state index contributed by atoms with van der Waals surface area (Å²) in [7, 11) is 0. The quantitative estimate of drug-likeness (QED) is 0.909. The molecule has 2 fully saturated rings. The normalized spacial score (nSPS) is 24.6. The molecule has 7 heteroatoms. The number of nitrogens with zero attached hydrogens (tertiary/aromatic N) is 4. The van der Waals surface area contributed by atoms with E-state index < -0.39 is 5.82 Å². The van der Waals surface area contributed by atoms with Crippen LogP contribution in [0, 0.1) is 18.7 Å². The number of urea groups is 1. The van der Waals surface area contributed by atoms with Crippen LogP contribution >= 0.6 is 0 Å². The van der Waals surface area contributed by atoms with Gasteiger partial charge in [0.05, 0.1) is 11.9 Å². The summed E-state index contributed by atoms with van der Waals surface area (Å²) < 4.78 is 14.4. The van der Waals surface area contributed by atoms with Crippen molar-refractivity contribution in [3.8, 4) is 11.3 Å². The smallest absolute Gasteiger partial charge is 0.318 e. The fourth-order valence-electron chi connectivity index (χ4n) is 4.07. The molecule has 2 saturated heterocycles. The molecule has 2 unspecified atom stereocenters. The van der Waals surface area contributed by atoms with Crippen molar-refractivity contribution in [1.82, 2.24) is 20.1 Å². The number of hydrogen-bond acceptors (Lipinski definition) is 4. The lowest BCUT2D eigenvalue weighted by molar-refractivity contribution is -0.00603. The Morgan fingerprint density at radius 2 is 2.04 bits per heavy atom. The number of carbonyl (C=O) groups excluding carboxylic acids is 1. The third kappa shape index (κ3) is 2.83. The number of hydrogen-bond donors (Lipinski definition) is 1. The molecular formula is C18H20FN5O. The van der Waals surface area contributed by atoms with Gasteiger partial charge in [-0.25, -0.2) is 14.2 Å². The van der Waals surface area contributed by atoms with Crippen molar-refractivity contribution >= 4 is 11.7 Å². The predicted octanol–water partition coefficient (Wildman–Crippen LogP) is 3.39. The van der Waals surface area contributed by atoms with Gasteiger partial charge in [-0.2, -0.15) is 0 Å². The molecule has 0 radical (unpaired) electrons. The van der Waals surface area contributed by atoms with Gasteiger partial charge in [0.15, 0.2) is 0 Å². The van der Waals surface area contributed by atoms with Gasteiger partial charge in [-0.1, -0.05) is 6.92 Å². The molecule has 4 rings (SSSR count). The van der Waals surface area contributed by atoms with Crippen LogP contribution in [0.5, 0.6) is 0 Å². The highest BCUT2D eigenvalue weighted by Gasteiger charge is 2.46. The molecule has 3 atom stereocenters. The second-order valence-electron chi connectivity index (χ2n) is 7.10. The molecular weight excluding hydrogens is 321 g/mol. The zero-order chi connectivity index (χ0) is 17.6. The lowest BCUT2D eigenvalue weighted by Crippen LogP contribution is -2.63. The topological polar surface area (TPSA) is 71.0 Å². The van der Waals surface area contributed by atoms with Gasteiger partial charge in [0.2, 0.25) is 0 Å². The van der Waals surface area contributed by atoms with E-state index in [0.29, 0.717) is 22.7 Å². The van der Waals surface area contributed by atoms with Crippen molar-refractivity contribution in [2.75, 3.05) is 5.32 Å². The molecule has 2 aliphatic rings. The van der Waals surface area contributed by atoms with Gasteiger partial charge in [-0.05, 0) is 49.8 Å². The SMILES string of the molecule is Cc1cc(F)c(NC(=O)N2C3CC(C)C[C@H]2C3)cc1-c1cncnn1. The molecule has 6 nitrogen and oxygen atoms in total. The van der Waals surface area contributed by atoms with Crippen LogP contribution in [-0.2, 0) is 0 Å². The Morgan fingerprint density at radius 3 is 2.72 bits per heavy atom. The van der Waals surface area contributed by atoms with Crippen molar-refractivity contribution in [3.63, 3.8) is 0 Å². The number of aryl methyl sites for hydroxylation is 1. The van der Waals surface area contributed by atoms with Crippen LogP contribution in [0.25, 0.3) is 11.3 Å². The molecule has 2 aromatic rings. The molecule has 1 aromatic carbocycles. The molecule has 25 heavy (non-hydrogen) atoms. The second-order valence-corrected chi connectivity index (χ2v) is 7.10. The highest BCUT2D eigenvalue weighted by Crippen LogP contribution is 2.41. The Morgan fingerprint density at radius 1 is 1.28 bits per heavy atom. The monoisotopic (exact) mass is 341 g/mol. The zero-order valence-electron chi connectivity index (χ0n) is 14.2. The summed E-state index contributed by atoms with van der Waals surface area (Å²) in [5.41, 5.74) is 2.13. The number of amides is 2. The number of fused-ring (bicyclic) bond motifs is 2. The largest absolute Gasteiger partial charge is 0.322 e. The van der Waals surface area contributed by atoms with E-state index in [-0.39, 0.29) is 23.8 Å². The van der Waals surface area contributed by atoms with Crippen molar-refractivity contribution < 1.29 is 9.18 Å². The van der Waals surface area contributed by atoms with E-state index in [9.17, 15) is 9.18 Å². The average Bonchev–Trinajstić information content (AvgIpc) is 2.57. The van der Waals surface area contributed by atoms with Crippen LogP contribution in [0.3, 0.4) is 0 Å². The van der Waals surface area contributed by atoms with Gasteiger partial charge in [-0.15, -0.1) is 10.2 Å². The van der Waals surface area contributed by atoms with Crippen molar-refractivity contribution in [3.05, 3.63) is 36.0 Å². The van der Waals surface area contributed by atoms with Gasteiger partial charge >= 0.3 is 6.03 Å². The van der Waals surface area contributed by atoms with Gasteiger partial charge in [-0.3, -0.25) is 0 Å². The molecule has 0 spiro atoms. The van der Waals surface area contributed by atoms with E-state index >= 15 is 0 Å². The summed E-state index contributed by atoms with van der Waals surface area (Å²) >= 11 is 0. The van der Waals surface area contributed by atoms with E-state index in [1.807, 2.05) is 4.90 Å². The van der Waals surface area contributed by atoms with Crippen LogP contribution in [0.2, 0.25) is 0 Å². The number of benzene rings is 1. The molecule has 0 aliphatic carbocycles. The first-order chi connectivity index (χ1) is 12.0.